The molecule has 1 unspecified atom stereocenters. The van der Waals surface area contributed by atoms with E-state index < -0.39 is 0 Å². The summed E-state index contributed by atoms with van der Waals surface area (Å²) in [4.78, 5) is 6.32. The molecule has 0 saturated heterocycles. The minimum atomic E-state index is 0.359. The van der Waals surface area contributed by atoms with Gasteiger partial charge < -0.3 is 14.4 Å². The Morgan fingerprint density at radius 3 is 3.19 bits per heavy atom. The summed E-state index contributed by atoms with van der Waals surface area (Å²) in [6, 6.07) is 2.24. The number of ether oxygens (including phenoxy) is 2. The molecule has 0 saturated carbocycles. The monoisotopic (exact) mass is 345 g/mol. The van der Waals surface area contributed by atoms with Gasteiger partial charge in [0.1, 0.15) is 30.5 Å². The average molecular weight is 345 g/mol. The average Bonchev–Trinajstić information content (AvgIpc) is 3.08. The van der Waals surface area contributed by atoms with Crippen molar-refractivity contribution in [2.24, 2.45) is 10.9 Å². The predicted octanol–water partition coefficient (Wildman–Crippen LogP) is 4.20. The number of fused-ring (bicyclic) bond motifs is 5. The Morgan fingerprint density at radius 1 is 1.31 bits per heavy atom. The lowest BCUT2D eigenvalue weighted by Gasteiger charge is -2.22. The van der Waals surface area contributed by atoms with Crippen LogP contribution < -0.4 is 0 Å². The van der Waals surface area contributed by atoms with Gasteiger partial charge in [-0.1, -0.05) is 18.2 Å². The van der Waals surface area contributed by atoms with E-state index in [2.05, 4.69) is 17.1 Å². The van der Waals surface area contributed by atoms with Crippen molar-refractivity contribution in [2.75, 3.05) is 6.67 Å². The van der Waals surface area contributed by atoms with Crippen molar-refractivity contribution in [2.45, 2.75) is 19.3 Å². The van der Waals surface area contributed by atoms with Gasteiger partial charge in [0.25, 0.3) is 0 Å². The van der Waals surface area contributed by atoms with Gasteiger partial charge in [-0.25, -0.2) is 0 Å². The summed E-state index contributed by atoms with van der Waals surface area (Å²) < 4.78 is 11.7. The fraction of sp³-hybridized carbons (Fsp3) is 0.238. The molecule has 4 aliphatic rings. The first-order valence-corrected chi connectivity index (χ1v) is 8.66. The quantitative estimate of drug-likeness (QED) is 0.660. The molecule has 2 aliphatic heterocycles. The highest BCUT2D eigenvalue weighted by atomic mass is 16.5. The fourth-order valence-corrected chi connectivity index (χ4v) is 3.20. The minimum absolute atomic E-state index is 0.359. The van der Waals surface area contributed by atoms with Crippen molar-refractivity contribution in [1.82, 2.24) is 4.90 Å². The molecule has 2 aliphatic carbocycles. The molecular formula is C21H19N3O2. The van der Waals surface area contributed by atoms with Crippen LogP contribution in [0.2, 0.25) is 0 Å². The van der Waals surface area contributed by atoms with Gasteiger partial charge in [-0.2, -0.15) is 5.26 Å². The van der Waals surface area contributed by atoms with E-state index >= 15 is 0 Å². The van der Waals surface area contributed by atoms with Crippen LogP contribution >= 0.6 is 0 Å². The first-order valence-electron chi connectivity index (χ1n) is 8.66. The smallest absolute Gasteiger partial charge is 0.126 e. The topological polar surface area (TPSA) is 57.9 Å². The molecule has 130 valence electrons. The van der Waals surface area contributed by atoms with Gasteiger partial charge in [0.2, 0.25) is 0 Å². The van der Waals surface area contributed by atoms with Crippen molar-refractivity contribution in [3.05, 3.63) is 83.5 Å². The number of hydrogen-bond donors (Lipinski definition) is 0. The molecular weight excluding hydrogens is 326 g/mol. The Hall–Kier alpha value is -3.26. The summed E-state index contributed by atoms with van der Waals surface area (Å²) in [5.41, 5.74) is 2.53. The third kappa shape index (κ3) is 3.55. The van der Waals surface area contributed by atoms with E-state index in [-0.39, 0.29) is 0 Å². The SMILES string of the molecule is N#CC1=C2C/C(=C/N3CN=C/C3=C\O/C=C/CC3C=CC=C(C3)O2)C=C1. The van der Waals surface area contributed by atoms with E-state index in [0.29, 0.717) is 30.3 Å². The molecule has 0 aromatic heterocycles. The van der Waals surface area contributed by atoms with E-state index in [4.69, 9.17) is 9.47 Å². The second kappa shape index (κ2) is 7.32. The van der Waals surface area contributed by atoms with Crippen molar-refractivity contribution < 1.29 is 9.47 Å². The molecule has 0 N–H and O–H groups in total. The maximum absolute atomic E-state index is 9.43. The van der Waals surface area contributed by atoms with Gasteiger partial charge in [0, 0.05) is 19.0 Å². The zero-order valence-electron chi connectivity index (χ0n) is 14.3. The van der Waals surface area contributed by atoms with E-state index in [1.165, 1.54) is 0 Å². The molecule has 4 rings (SSSR count). The Balaban J connectivity index is 1.68. The second-order valence-electron chi connectivity index (χ2n) is 6.46. The highest BCUT2D eigenvalue weighted by molar-refractivity contribution is 5.79. The molecule has 1 atom stereocenters. The zero-order chi connectivity index (χ0) is 17.8. The summed E-state index contributed by atoms with van der Waals surface area (Å²) in [6.07, 6.45) is 21.5. The standard InChI is InChI=1S/C21H19N3O2/c22-11-18-7-6-17-10-21(18)26-20-5-1-3-16(9-20)4-2-8-25-14-19-12-23-15-24(19)13-17/h1-3,5-8,12-14,16H,4,9-10,15H2/b8-2+,17-13+,19-14+. The minimum Gasteiger partial charge on any atom is -0.471 e. The third-order valence-corrected chi connectivity index (χ3v) is 4.55. The molecule has 26 heavy (non-hydrogen) atoms. The van der Waals surface area contributed by atoms with E-state index in [0.717, 1.165) is 29.9 Å². The van der Waals surface area contributed by atoms with Gasteiger partial charge in [-0.3, -0.25) is 4.99 Å². The molecule has 0 radical (unpaired) electrons. The number of rotatable bonds is 0. The normalized spacial score (nSPS) is 29.6. The summed E-state index contributed by atoms with van der Waals surface area (Å²) in [5, 5.41) is 9.43. The van der Waals surface area contributed by atoms with Crippen LogP contribution in [0.3, 0.4) is 0 Å². The van der Waals surface area contributed by atoms with E-state index in [9.17, 15) is 5.26 Å². The molecule has 0 spiro atoms. The molecule has 0 aromatic rings. The zero-order valence-corrected chi connectivity index (χ0v) is 14.3. The molecule has 5 nitrogen and oxygen atoms in total. The molecule has 0 aromatic carbocycles. The third-order valence-electron chi connectivity index (χ3n) is 4.55. The number of nitrogens with zero attached hydrogens (tertiary/aromatic N) is 3. The second-order valence-corrected chi connectivity index (χ2v) is 6.46. The summed E-state index contributed by atoms with van der Waals surface area (Å²) in [6.45, 7) is 0.554. The lowest BCUT2D eigenvalue weighted by Crippen LogP contribution is -2.13. The Kier molecular flexibility index (Phi) is 4.57. The van der Waals surface area contributed by atoms with Crippen LogP contribution in [0, 0.1) is 17.2 Å². The summed E-state index contributed by atoms with van der Waals surface area (Å²) >= 11 is 0. The largest absolute Gasteiger partial charge is 0.471 e. The van der Waals surface area contributed by atoms with E-state index in [1.807, 2.05) is 41.5 Å². The van der Waals surface area contributed by atoms with Crippen LogP contribution in [0.4, 0.5) is 0 Å². The van der Waals surface area contributed by atoms with Crippen molar-refractivity contribution >= 4 is 6.21 Å². The predicted molar refractivity (Wildman–Crippen MR) is 99.0 cm³/mol. The lowest BCUT2D eigenvalue weighted by atomic mass is 9.95. The van der Waals surface area contributed by atoms with Crippen LogP contribution in [-0.4, -0.2) is 17.8 Å². The van der Waals surface area contributed by atoms with Crippen LogP contribution in [-0.2, 0) is 9.47 Å². The summed E-state index contributed by atoms with van der Waals surface area (Å²) in [5.74, 6) is 1.95. The van der Waals surface area contributed by atoms with Crippen LogP contribution in [0.25, 0.3) is 0 Å². The molecule has 0 fully saturated rings. The first-order chi connectivity index (χ1) is 12.8. The molecule has 4 bridgehead atoms. The maximum atomic E-state index is 9.43. The number of aliphatic imine (C=N–C) groups is 1. The highest BCUT2D eigenvalue weighted by Crippen LogP contribution is 2.31. The van der Waals surface area contributed by atoms with Crippen molar-refractivity contribution in [3.63, 3.8) is 0 Å². The lowest BCUT2D eigenvalue weighted by molar-refractivity contribution is 0.267. The molecule has 0 amide bonds. The Bertz CT molecular complexity index is 875. The number of allylic oxidation sites excluding steroid dienone is 10. The highest BCUT2D eigenvalue weighted by Gasteiger charge is 2.20. The van der Waals surface area contributed by atoms with Gasteiger partial charge in [0.05, 0.1) is 23.7 Å². The van der Waals surface area contributed by atoms with Crippen LogP contribution in [0.5, 0.6) is 0 Å². The fourth-order valence-electron chi connectivity index (χ4n) is 3.20. The maximum Gasteiger partial charge on any atom is 0.126 e. The molecule has 5 heteroatoms. The van der Waals surface area contributed by atoms with E-state index in [1.54, 1.807) is 18.7 Å². The van der Waals surface area contributed by atoms with Crippen molar-refractivity contribution in [1.29, 1.82) is 5.26 Å². The Morgan fingerprint density at radius 2 is 2.27 bits per heavy atom. The van der Waals surface area contributed by atoms with Crippen LogP contribution in [0.1, 0.15) is 19.3 Å². The molecule has 2 heterocycles. The van der Waals surface area contributed by atoms with Gasteiger partial charge in [-0.15, -0.1) is 0 Å². The number of hydrogen-bond acceptors (Lipinski definition) is 5. The Labute approximate surface area is 152 Å². The first kappa shape index (κ1) is 16.2. The van der Waals surface area contributed by atoms with Gasteiger partial charge >= 0.3 is 0 Å². The van der Waals surface area contributed by atoms with Gasteiger partial charge in [0.15, 0.2) is 0 Å². The van der Waals surface area contributed by atoms with Crippen molar-refractivity contribution in [3.8, 4) is 6.07 Å². The summed E-state index contributed by atoms with van der Waals surface area (Å²) in [7, 11) is 0. The van der Waals surface area contributed by atoms with Crippen LogP contribution in [0.15, 0.2) is 88.5 Å². The van der Waals surface area contributed by atoms with Gasteiger partial charge in [-0.05, 0) is 36.1 Å². The number of nitriles is 1.